The second kappa shape index (κ2) is 7.45. The third kappa shape index (κ3) is 4.85. The molecule has 0 aromatic heterocycles. The largest absolute Gasteiger partial charge is 0.480 e. The first-order valence-corrected chi connectivity index (χ1v) is 6.31. The zero-order valence-electron chi connectivity index (χ0n) is 11.5. The molecule has 0 heterocycles. The summed E-state index contributed by atoms with van der Waals surface area (Å²) < 4.78 is 0. The summed E-state index contributed by atoms with van der Waals surface area (Å²) in [6.45, 7) is 3.69. The van der Waals surface area contributed by atoms with Gasteiger partial charge in [-0.05, 0) is 25.8 Å². The van der Waals surface area contributed by atoms with Gasteiger partial charge in [0.25, 0.3) is 5.91 Å². The molecule has 0 aliphatic heterocycles. The van der Waals surface area contributed by atoms with Gasteiger partial charge in [0.2, 0.25) is 0 Å². The molecule has 1 rings (SSSR count). The smallest absolute Gasteiger partial charge is 0.326 e. The molecular weight excluding hydrogens is 258 g/mol. The maximum Gasteiger partial charge on any atom is 0.326 e. The highest BCUT2D eigenvalue weighted by atomic mass is 16.4. The van der Waals surface area contributed by atoms with E-state index in [0.717, 1.165) is 5.57 Å². The average Bonchev–Trinajstić information content (AvgIpc) is 2.42. The van der Waals surface area contributed by atoms with Crippen molar-refractivity contribution in [3.63, 3.8) is 0 Å². The van der Waals surface area contributed by atoms with Crippen LogP contribution in [0, 0.1) is 0 Å². The van der Waals surface area contributed by atoms with Gasteiger partial charge < -0.3 is 15.5 Å². The monoisotopic (exact) mass is 277 g/mol. The van der Waals surface area contributed by atoms with Gasteiger partial charge in [0.15, 0.2) is 6.10 Å². The minimum absolute atomic E-state index is 0.185. The molecule has 0 bridgehead atoms. The molecule has 1 aromatic carbocycles. The second-order valence-corrected chi connectivity index (χ2v) is 4.73. The van der Waals surface area contributed by atoms with Gasteiger partial charge >= 0.3 is 5.97 Å². The van der Waals surface area contributed by atoms with E-state index in [9.17, 15) is 14.7 Å². The number of carboxylic acid groups (broad SMARTS) is 1. The number of rotatable bonds is 6. The van der Waals surface area contributed by atoms with E-state index in [2.05, 4.69) is 5.32 Å². The molecule has 0 saturated heterocycles. The van der Waals surface area contributed by atoms with Gasteiger partial charge in [-0.3, -0.25) is 4.79 Å². The van der Waals surface area contributed by atoms with E-state index in [-0.39, 0.29) is 6.42 Å². The van der Waals surface area contributed by atoms with E-state index in [4.69, 9.17) is 5.11 Å². The van der Waals surface area contributed by atoms with Gasteiger partial charge in [0, 0.05) is 0 Å². The van der Waals surface area contributed by atoms with Crippen molar-refractivity contribution in [2.75, 3.05) is 0 Å². The van der Waals surface area contributed by atoms with E-state index in [0.29, 0.717) is 5.56 Å². The van der Waals surface area contributed by atoms with Crippen molar-refractivity contribution in [1.82, 2.24) is 5.32 Å². The Morgan fingerprint density at radius 3 is 2.35 bits per heavy atom. The van der Waals surface area contributed by atoms with Crippen molar-refractivity contribution in [2.45, 2.75) is 32.4 Å². The van der Waals surface area contributed by atoms with Crippen molar-refractivity contribution >= 4 is 11.9 Å². The molecule has 0 saturated carbocycles. The lowest BCUT2D eigenvalue weighted by Crippen LogP contribution is -2.42. The number of carboxylic acids is 1. The van der Waals surface area contributed by atoms with E-state index < -0.39 is 24.0 Å². The zero-order chi connectivity index (χ0) is 15.1. The molecule has 0 aliphatic rings. The number of hydrogen-bond donors (Lipinski definition) is 3. The fraction of sp³-hybridized carbons (Fsp3) is 0.333. The Bertz CT molecular complexity index is 492. The Balaban J connectivity index is 2.71. The summed E-state index contributed by atoms with van der Waals surface area (Å²) in [6.07, 6.45) is 0.545. The van der Waals surface area contributed by atoms with Crippen molar-refractivity contribution < 1.29 is 19.8 Å². The number of benzene rings is 1. The van der Waals surface area contributed by atoms with Crippen molar-refractivity contribution in [1.29, 1.82) is 0 Å². The SMILES string of the molecule is CC(C)=CC[C@H](NC(=O)[C@@H](O)c1ccccc1)C(=O)O. The Morgan fingerprint density at radius 2 is 1.85 bits per heavy atom. The van der Waals surface area contributed by atoms with Crippen LogP contribution < -0.4 is 5.32 Å². The standard InChI is InChI=1S/C15H19NO4/c1-10(2)8-9-12(15(19)20)16-14(18)13(17)11-6-4-3-5-7-11/h3-8,12-13,17H,9H2,1-2H3,(H,16,18)(H,19,20)/t12-,13-/m0/s1. The highest BCUT2D eigenvalue weighted by molar-refractivity contribution is 5.87. The molecule has 1 amide bonds. The Labute approximate surface area is 117 Å². The average molecular weight is 277 g/mol. The topological polar surface area (TPSA) is 86.6 Å². The lowest BCUT2D eigenvalue weighted by molar-refractivity contribution is -0.143. The number of allylic oxidation sites excluding steroid dienone is 1. The number of aliphatic carboxylic acids is 1. The van der Waals surface area contributed by atoms with E-state index in [1.165, 1.54) is 0 Å². The third-order valence-electron chi connectivity index (χ3n) is 2.74. The fourth-order valence-electron chi connectivity index (χ4n) is 1.61. The summed E-state index contributed by atoms with van der Waals surface area (Å²) in [5.74, 6) is -1.85. The quantitative estimate of drug-likeness (QED) is 0.690. The van der Waals surface area contributed by atoms with E-state index >= 15 is 0 Å². The van der Waals surface area contributed by atoms with Gasteiger partial charge in [-0.25, -0.2) is 4.79 Å². The van der Waals surface area contributed by atoms with Crippen LogP contribution in [-0.2, 0) is 9.59 Å². The Morgan fingerprint density at radius 1 is 1.25 bits per heavy atom. The summed E-state index contributed by atoms with van der Waals surface area (Å²) in [7, 11) is 0. The maximum atomic E-state index is 11.9. The first kappa shape index (κ1) is 15.9. The lowest BCUT2D eigenvalue weighted by Gasteiger charge is -2.16. The highest BCUT2D eigenvalue weighted by Crippen LogP contribution is 2.12. The van der Waals surface area contributed by atoms with Crippen molar-refractivity contribution in [2.24, 2.45) is 0 Å². The molecule has 0 aliphatic carbocycles. The van der Waals surface area contributed by atoms with Crippen LogP contribution >= 0.6 is 0 Å². The molecule has 0 spiro atoms. The number of amides is 1. The van der Waals surface area contributed by atoms with E-state index in [1.54, 1.807) is 36.4 Å². The van der Waals surface area contributed by atoms with Crippen LogP contribution in [0.2, 0.25) is 0 Å². The molecule has 2 atom stereocenters. The van der Waals surface area contributed by atoms with Gasteiger partial charge in [-0.2, -0.15) is 0 Å². The number of carbonyl (C=O) groups excluding carboxylic acids is 1. The van der Waals surface area contributed by atoms with Crippen LogP contribution in [0.5, 0.6) is 0 Å². The summed E-state index contributed by atoms with van der Waals surface area (Å²) in [5, 5.41) is 21.3. The maximum absolute atomic E-state index is 11.9. The minimum Gasteiger partial charge on any atom is -0.480 e. The normalized spacial score (nSPS) is 13.2. The Kier molecular flexibility index (Phi) is 5.93. The summed E-state index contributed by atoms with van der Waals surface area (Å²) in [5.41, 5.74) is 1.39. The van der Waals surface area contributed by atoms with Crippen molar-refractivity contribution in [3.8, 4) is 0 Å². The van der Waals surface area contributed by atoms with Crippen LogP contribution in [0.15, 0.2) is 42.0 Å². The number of hydrogen-bond acceptors (Lipinski definition) is 3. The fourth-order valence-corrected chi connectivity index (χ4v) is 1.61. The molecule has 0 radical (unpaired) electrons. The summed E-state index contributed by atoms with van der Waals surface area (Å²) >= 11 is 0. The van der Waals surface area contributed by atoms with Crippen molar-refractivity contribution in [3.05, 3.63) is 47.5 Å². The van der Waals surface area contributed by atoms with Crippen LogP contribution in [0.1, 0.15) is 31.9 Å². The van der Waals surface area contributed by atoms with Crippen LogP contribution in [0.4, 0.5) is 0 Å². The first-order chi connectivity index (χ1) is 9.41. The van der Waals surface area contributed by atoms with Gasteiger partial charge in [0.1, 0.15) is 6.04 Å². The molecule has 1 aromatic rings. The van der Waals surface area contributed by atoms with Gasteiger partial charge in [-0.15, -0.1) is 0 Å². The van der Waals surface area contributed by atoms with Crippen LogP contribution in [0.3, 0.4) is 0 Å². The minimum atomic E-state index is -1.37. The molecule has 5 nitrogen and oxygen atoms in total. The molecular formula is C15H19NO4. The number of nitrogens with one attached hydrogen (secondary N) is 1. The molecule has 0 fully saturated rings. The molecule has 3 N–H and O–H groups in total. The van der Waals surface area contributed by atoms with Crippen LogP contribution in [0.25, 0.3) is 0 Å². The third-order valence-corrected chi connectivity index (χ3v) is 2.74. The predicted molar refractivity (Wildman–Crippen MR) is 75.0 cm³/mol. The predicted octanol–water partition coefficient (Wildman–Crippen LogP) is 1.65. The number of carbonyl (C=O) groups is 2. The molecule has 0 unspecified atom stereocenters. The van der Waals surface area contributed by atoms with Gasteiger partial charge in [0.05, 0.1) is 0 Å². The zero-order valence-corrected chi connectivity index (χ0v) is 11.5. The van der Waals surface area contributed by atoms with E-state index in [1.807, 2.05) is 13.8 Å². The first-order valence-electron chi connectivity index (χ1n) is 6.31. The lowest BCUT2D eigenvalue weighted by atomic mass is 10.1. The molecule has 5 heteroatoms. The molecule has 20 heavy (non-hydrogen) atoms. The molecule has 108 valence electrons. The summed E-state index contributed by atoms with van der Waals surface area (Å²) in [6, 6.07) is 7.33. The number of aliphatic hydroxyl groups is 1. The summed E-state index contributed by atoms with van der Waals surface area (Å²) in [4.78, 5) is 22.9. The Hall–Kier alpha value is -2.14. The van der Waals surface area contributed by atoms with Gasteiger partial charge in [-0.1, -0.05) is 42.0 Å². The highest BCUT2D eigenvalue weighted by Gasteiger charge is 2.23. The second-order valence-electron chi connectivity index (χ2n) is 4.73. The van der Waals surface area contributed by atoms with Crippen LogP contribution in [-0.4, -0.2) is 28.1 Å². The number of aliphatic hydroxyl groups excluding tert-OH is 1.